The molecule has 0 fully saturated rings. The first kappa shape index (κ1) is 17.5. The first-order valence-corrected chi connectivity index (χ1v) is 8.20. The standard InChI is InChI=1S/C19H19N3O4/c1-12-7-8-14(13(2)11-12)18(24)21-20-17(23)9-10-22-15-5-3-4-6-16(15)26-19(22)25/h3-8,11H,9-10H2,1-2H3,(H,20,23)(H,21,24). The first-order chi connectivity index (χ1) is 12.5. The number of hydrazine groups is 1. The van der Waals surface area contributed by atoms with Crippen molar-refractivity contribution in [3.05, 3.63) is 69.7 Å². The topological polar surface area (TPSA) is 93.3 Å². The van der Waals surface area contributed by atoms with E-state index in [0.717, 1.165) is 11.1 Å². The van der Waals surface area contributed by atoms with Gasteiger partial charge in [0.05, 0.1) is 5.52 Å². The highest BCUT2D eigenvalue weighted by Gasteiger charge is 2.12. The number of nitrogens with zero attached hydrogens (tertiary/aromatic N) is 1. The lowest BCUT2D eigenvalue weighted by atomic mass is 10.1. The van der Waals surface area contributed by atoms with Crippen molar-refractivity contribution < 1.29 is 14.0 Å². The molecule has 134 valence electrons. The van der Waals surface area contributed by atoms with Gasteiger partial charge in [-0.05, 0) is 37.6 Å². The van der Waals surface area contributed by atoms with Gasteiger partial charge in [0.25, 0.3) is 5.91 Å². The number of carbonyl (C=O) groups is 2. The number of rotatable bonds is 4. The lowest BCUT2D eigenvalue weighted by Gasteiger charge is -2.10. The van der Waals surface area contributed by atoms with Gasteiger partial charge in [0.2, 0.25) is 5.91 Å². The summed E-state index contributed by atoms with van der Waals surface area (Å²) in [4.78, 5) is 36.0. The van der Waals surface area contributed by atoms with Crippen LogP contribution in [0, 0.1) is 13.8 Å². The monoisotopic (exact) mass is 353 g/mol. The number of hydrogen-bond donors (Lipinski definition) is 2. The Hall–Kier alpha value is -3.35. The first-order valence-electron chi connectivity index (χ1n) is 8.20. The highest BCUT2D eigenvalue weighted by Crippen LogP contribution is 2.12. The van der Waals surface area contributed by atoms with Gasteiger partial charge in [-0.25, -0.2) is 4.79 Å². The van der Waals surface area contributed by atoms with E-state index in [1.807, 2.05) is 26.0 Å². The third kappa shape index (κ3) is 3.66. The minimum absolute atomic E-state index is 0.0244. The fraction of sp³-hybridized carbons (Fsp3) is 0.211. The molecule has 0 aliphatic heterocycles. The lowest BCUT2D eigenvalue weighted by molar-refractivity contribution is -0.122. The lowest BCUT2D eigenvalue weighted by Crippen LogP contribution is -2.42. The smallest absolute Gasteiger partial charge is 0.408 e. The molecule has 3 aromatic rings. The van der Waals surface area contributed by atoms with E-state index in [1.54, 1.807) is 30.3 Å². The molecule has 0 bridgehead atoms. The quantitative estimate of drug-likeness (QED) is 0.702. The van der Waals surface area contributed by atoms with Crippen molar-refractivity contribution in [2.24, 2.45) is 0 Å². The van der Waals surface area contributed by atoms with Gasteiger partial charge in [0.1, 0.15) is 0 Å². The predicted molar refractivity (Wildman–Crippen MR) is 96.6 cm³/mol. The van der Waals surface area contributed by atoms with Crippen molar-refractivity contribution >= 4 is 22.9 Å². The molecule has 3 rings (SSSR count). The zero-order chi connectivity index (χ0) is 18.7. The van der Waals surface area contributed by atoms with E-state index in [-0.39, 0.29) is 18.9 Å². The summed E-state index contributed by atoms with van der Waals surface area (Å²) in [5, 5.41) is 0. The van der Waals surface area contributed by atoms with E-state index in [4.69, 9.17) is 4.42 Å². The molecule has 1 heterocycles. The molecule has 7 heteroatoms. The number of nitrogens with one attached hydrogen (secondary N) is 2. The second-order valence-electron chi connectivity index (χ2n) is 6.06. The number of aryl methyl sites for hydroxylation is 3. The number of amides is 2. The Bertz CT molecular complexity index is 1030. The van der Waals surface area contributed by atoms with Crippen LogP contribution in [0.25, 0.3) is 11.1 Å². The summed E-state index contributed by atoms with van der Waals surface area (Å²) in [5.41, 5.74) is 8.24. The van der Waals surface area contributed by atoms with Crippen LogP contribution >= 0.6 is 0 Å². The molecule has 0 aliphatic rings. The average molecular weight is 353 g/mol. The Labute approximate surface area is 149 Å². The summed E-state index contributed by atoms with van der Waals surface area (Å²) >= 11 is 0. The Kier molecular flexibility index (Phi) is 4.88. The van der Waals surface area contributed by atoms with E-state index in [0.29, 0.717) is 16.7 Å². The van der Waals surface area contributed by atoms with Gasteiger partial charge in [-0.15, -0.1) is 0 Å². The van der Waals surface area contributed by atoms with Crippen LogP contribution in [-0.2, 0) is 11.3 Å². The fourth-order valence-corrected chi connectivity index (χ4v) is 2.76. The molecule has 0 saturated carbocycles. The van der Waals surface area contributed by atoms with E-state index >= 15 is 0 Å². The summed E-state index contributed by atoms with van der Waals surface area (Å²) in [5.74, 6) is -1.31. The molecule has 0 atom stereocenters. The maximum atomic E-state index is 12.1. The normalized spacial score (nSPS) is 10.7. The predicted octanol–water partition coefficient (Wildman–Crippen LogP) is 2.06. The second-order valence-corrected chi connectivity index (χ2v) is 6.06. The van der Waals surface area contributed by atoms with Crippen LogP contribution in [0.1, 0.15) is 27.9 Å². The molecular weight excluding hydrogens is 334 g/mol. The van der Waals surface area contributed by atoms with Gasteiger partial charge in [-0.2, -0.15) is 0 Å². The van der Waals surface area contributed by atoms with Crippen LogP contribution in [0.2, 0.25) is 0 Å². The third-order valence-electron chi connectivity index (χ3n) is 4.08. The van der Waals surface area contributed by atoms with E-state index in [1.165, 1.54) is 4.57 Å². The zero-order valence-electron chi connectivity index (χ0n) is 14.5. The van der Waals surface area contributed by atoms with Crippen molar-refractivity contribution in [2.75, 3.05) is 0 Å². The summed E-state index contributed by atoms with van der Waals surface area (Å²) in [6.07, 6.45) is 0.0244. The van der Waals surface area contributed by atoms with Crippen LogP contribution in [0.5, 0.6) is 0 Å². The summed E-state index contributed by atoms with van der Waals surface area (Å²) in [7, 11) is 0. The van der Waals surface area contributed by atoms with Crippen molar-refractivity contribution in [3.63, 3.8) is 0 Å². The number of para-hydroxylation sites is 2. The van der Waals surface area contributed by atoms with Crippen molar-refractivity contribution in [2.45, 2.75) is 26.8 Å². The van der Waals surface area contributed by atoms with Gasteiger partial charge in [0, 0.05) is 18.5 Å². The van der Waals surface area contributed by atoms with Crippen molar-refractivity contribution in [3.8, 4) is 0 Å². The number of carbonyl (C=O) groups excluding carboxylic acids is 2. The molecule has 2 N–H and O–H groups in total. The summed E-state index contributed by atoms with van der Waals surface area (Å²) < 4.78 is 6.51. The molecule has 2 amide bonds. The summed E-state index contributed by atoms with van der Waals surface area (Å²) in [6.45, 7) is 3.93. The van der Waals surface area contributed by atoms with Gasteiger partial charge in [0.15, 0.2) is 5.58 Å². The number of hydrogen-bond acceptors (Lipinski definition) is 4. The van der Waals surface area contributed by atoms with Crippen LogP contribution < -0.4 is 16.6 Å². The summed E-state index contributed by atoms with van der Waals surface area (Å²) in [6, 6.07) is 12.4. The largest absolute Gasteiger partial charge is 0.419 e. The van der Waals surface area contributed by atoms with Crippen LogP contribution in [0.15, 0.2) is 51.7 Å². The van der Waals surface area contributed by atoms with Crippen LogP contribution in [0.3, 0.4) is 0 Å². The molecule has 2 aromatic carbocycles. The van der Waals surface area contributed by atoms with E-state index in [9.17, 15) is 14.4 Å². The SMILES string of the molecule is Cc1ccc(C(=O)NNC(=O)CCn2c(=O)oc3ccccc32)c(C)c1. The molecule has 0 unspecified atom stereocenters. The third-order valence-corrected chi connectivity index (χ3v) is 4.08. The maximum Gasteiger partial charge on any atom is 0.419 e. The zero-order valence-corrected chi connectivity index (χ0v) is 14.5. The molecule has 7 nitrogen and oxygen atoms in total. The second kappa shape index (κ2) is 7.26. The van der Waals surface area contributed by atoms with E-state index < -0.39 is 11.7 Å². The van der Waals surface area contributed by atoms with Gasteiger partial charge < -0.3 is 4.42 Å². The van der Waals surface area contributed by atoms with Gasteiger partial charge >= 0.3 is 5.76 Å². The maximum absolute atomic E-state index is 12.1. The minimum atomic E-state index is -0.515. The van der Waals surface area contributed by atoms with Crippen molar-refractivity contribution in [1.29, 1.82) is 0 Å². The molecule has 0 saturated heterocycles. The highest BCUT2D eigenvalue weighted by molar-refractivity contribution is 5.96. The molecular formula is C19H19N3O4. The van der Waals surface area contributed by atoms with Gasteiger partial charge in [-0.3, -0.25) is 25.0 Å². The molecule has 0 spiro atoms. The number of fused-ring (bicyclic) bond motifs is 1. The Morgan fingerprint density at radius 1 is 1.08 bits per heavy atom. The average Bonchev–Trinajstić information content (AvgIpc) is 2.93. The number of oxazole rings is 1. The number of aromatic nitrogens is 1. The highest BCUT2D eigenvalue weighted by atomic mass is 16.4. The molecule has 26 heavy (non-hydrogen) atoms. The fourth-order valence-electron chi connectivity index (χ4n) is 2.76. The molecule has 0 aliphatic carbocycles. The Morgan fingerprint density at radius 2 is 1.85 bits per heavy atom. The van der Waals surface area contributed by atoms with Crippen molar-refractivity contribution in [1.82, 2.24) is 15.4 Å². The van der Waals surface area contributed by atoms with Crippen LogP contribution in [-0.4, -0.2) is 16.4 Å². The van der Waals surface area contributed by atoms with E-state index in [2.05, 4.69) is 10.9 Å². The Morgan fingerprint density at radius 3 is 2.62 bits per heavy atom. The Balaban J connectivity index is 1.58. The number of benzene rings is 2. The van der Waals surface area contributed by atoms with Crippen LogP contribution in [0.4, 0.5) is 0 Å². The van der Waals surface area contributed by atoms with Gasteiger partial charge in [-0.1, -0.05) is 29.8 Å². The molecule has 0 radical (unpaired) electrons. The molecule has 1 aromatic heterocycles. The minimum Gasteiger partial charge on any atom is -0.408 e.